The second-order valence-corrected chi connectivity index (χ2v) is 9.59. The van der Waals surface area contributed by atoms with Crippen LogP contribution in [-0.2, 0) is 19.9 Å². The average Bonchev–Trinajstić information content (AvgIpc) is 2.70. The highest BCUT2D eigenvalue weighted by molar-refractivity contribution is 7.95. The topological polar surface area (TPSA) is 97.5 Å². The van der Waals surface area contributed by atoms with Crippen LogP contribution in [0.15, 0.2) is 0 Å². The number of hydrogen-bond donors (Lipinski definition) is 1. The molecule has 0 saturated carbocycles. The average molecular weight is 296 g/mol. The van der Waals surface area contributed by atoms with E-state index in [9.17, 15) is 16.8 Å². The fourth-order valence-electron chi connectivity index (χ4n) is 2.61. The van der Waals surface area contributed by atoms with Gasteiger partial charge < -0.3 is 5.73 Å². The van der Waals surface area contributed by atoms with Gasteiger partial charge in [-0.3, -0.25) is 0 Å². The van der Waals surface area contributed by atoms with Crippen molar-refractivity contribution >= 4 is 19.9 Å². The molecule has 2 aliphatic rings. The van der Waals surface area contributed by atoms with Gasteiger partial charge in [-0.25, -0.2) is 21.1 Å². The minimum Gasteiger partial charge on any atom is -0.330 e. The predicted octanol–water partition coefficient (Wildman–Crippen LogP) is -0.826. The fraction of sp³-hybridized carbons (Fsp3) is 1.00. The largest absolute Gasteiger partial charge is 0.330 e. The molecule has 0 aromatic carbocycles. The van der Waals surface area contributed by atoms with Crippen LogP contribution in [0.5, 0.6) is 0 Å². The zero-order valence-corrected chi connectivity index (χ0v) is 11.9. The second kappa shape index (κ2) is 5.07. The number of sulfonamides is 1. The first-order valence-electron chi connectivity index (χ1n) is 6.24. The highest BCUT2D eigenvalue weighted by Crippen LogP contribution is 2.26. The van der Waals surface area contributed by atoms with E-state index in [2.05, 4.69) is 0 Å². The van der Waals surface area contributed by atoms with Gasteiger partial charge in [-0.15, -0.1) is 0 Å². The van der Waals surface area contributed by atoms with Crippen molar-refractivity contribution in [1.82, 2.24) is 4.31 Å². The van der Waals surface area contributed by atoms with Crippen molar-refractivity contribution in [2.24, 2.45) is 11.7 Å². The number of rotatable bonds is 3. The van der Waals surface area contributed by atoms with Crippen LogP contribution in [0.3, 0.4) is 0 Å². The summed E-state index contributed by atoms with van der Waals surface area (Å²) < 4.78 is 48.8. The van der Waals surface area contributed by atoms with Crippen LogP contribution in [-0.4, -0.2) is 57.5 Å². The van der Waals surface area contributed by atoms with Gasteiger partial charge in [-0.2, -0.15) is 0 Å². The first kappa shape index (κ1) is 14.2. The number of hydrogen-bond acceptors (Lipinski definition) is 5. The molecule has 1 unspecified atom stereocenters. The van der Waals surface area contributed by atoms with Crippen molar-refractivity contribution in [3.63, 3.8) is 0 Å². The molecule has 2 saturated heterocycles. The second-order valence-electron chi connectivity index (χ2n) is 5.15. The van der Waals surface area contributed by atoms with Gasteiger partial charge in [0.2, 0.25) is 10.0 Å². The van der Waals surface area contributed by atoms with Crippen molar-refractivity contribution in [3.05, 3.63) is 0 Å². The van der Waals surface area contributed by atoms with E-state index in [-0.39, 0.29) is 17.9 Å². The molecule has 0 amide bonds. The van der Waals surface area contributed by atoms with Gasteiger partial charge in [-0.05, 0) is 31.7 Å². The Labute approximate surface area is 108 Å². The zero-order valence-electron chi connectivity index (χ0n) is 10.3. The summed E-state index contributed by atoms with van der Waals surface area (Å²) in [5.74, 6) is 0.172. The van der Waals surface area contributed by atoms with E-state index < -0.39 is 25.1 Å². The van der Waals surface area contributed by atoms with Gasteiger partial charge in [0.25, 0.3) is 0 Å². The lowest BCUT2D eigenvalue weighted by Crippen LogP contribution is -2.44. The monoisotopic (exact) mass is 296 g/mol. The molecule has 2 heterocycles. The molecule has 2 fully saturated rings. The Morgan fingerprint density at radius 3 is 2.22 bits per heavy atom. The Bertz CT molecular complexity index is 492. The lowest BCUT2D eigenvalue weighted by molar-refractivity contribution is 0.276. The molecule has 1 atom stereocenters. The molecule has 2 rings (SSSR count). The maximum Gasteiger partial charge on any atom is 0.218 e. The predicted molar refractivity (Wildman–Crippen MR) is 69.3 cm³/mol. The Morgan fingerprint density at radius 1 is 1.17 bits per heavy atom. The summed E-state index contributed by atoms with van der Waals surface area (Å²) in [6.45, 7) is 1.53. The van der Waals surface area contributed by atoms with E-state index in [0.717, 1.165) is 12.8 Å². The van der Waals surface area contributed by atoms with E-state index in [0.29, 0.717) is 25.6 Å². The van der Waals surface area contributed by atoms with E-state index in [1.54, 1.807) is 0 Å². The Kier molecular flexibility index (Phi) is 4.01. The molecule has 18 heavy (non-hydrogen) atoms. The molecule has 8 heteroatoms. The molecule has 0 radical (unpaired) electrons. The molecule has 106 valence electrons. The lowest BCUT2D eigenvalue weighted by atomic mass is 9.99. The quantitative estimate of drug-likeness (QED) is 0.733. The number of nitrogens with zero attached hydrogens (tertiary/aromatic N) is 1. The van der Waals surface area contributed by atoms with Crippen molar-refractivity contribution in [1.29, 1.82) is 0 Å². The standard InChI is InChI=1S/C10H20N2O4S2/c11-7-9-1-4-12(5-2-9)18(15,16)10-3-6-17(13,14)8-10/h9-10H,1-8,11H2. The highest BCUT2D eigenvalue weighted by atomic mass is 32.2. The van der Waals surface area contributed by atoms with Crippen molar-refractivity contribution in [3.8, 4) is 0 Å². The van der Waals surface area contributed by atoms with Gasteiger partial charge in [0, 0.05) is 13.1 Å². The van der Waals surface area contributed by atoms with Gasteiger partial charge in [-0.1, -0.05) is 0 Å². The number of sulfone groups is 1. The Hall–Kier alpha value is -0.180. The van der Waals surface area contributed by atoms with Crippen molar-refractivity contribution in [2.75, 3.05) is 31.1 Å². The summed E-state index contributed by atoms with van der Waals surface area (Å²) in [6.07, 6.45) is 1.78. The Balaban J connectivity index is 2.04. The van der Waals surface area contributed by atoms with E-state index in [4.69, 9.17) is 5.73 Å². The Morgan fingerprint density at radius 2 is 1.78 bits per heavy atom. The highest BCUT2D eigenvalue weighted by Gasteiger charge is 2.41. The first-order chi connectivity index (χ1) is 8.35. The lowest BCUT2D eigenvalue weighted by Gasteiger charge is -2.32. The van der Waals surface area contributed by atoms with Crippen molar-refractivity contribution in [2.45, 2.75) is 24.5 Å². The van der Waals surface area contributed by atoms with Gasteiger partial charge in [0.05, 0.1) is 16.8 Å². The van der Waals surface area contributed by atoms with Crippen LogP contribution in [0.2, 0.25) is 0 Å². The molecule has 6 nitrogen and oxygen atoms in total. The zero-order chi connectivity index (χ0) is 13.4. The van der Waals surface area contributed by atoms with Gasteiger partial charge in [0.15, 0.2) is 9.84 Å². The third kappa shape index (κ3) is 2.87. The third-order valence-electron chi connectivity index (χ3n) is 3.88. The molecule has 0 aromatic rings. The van der Waals surface area contributed by atoms with Gasteiger partial charge in [0.1, 0.15) is 0 Å². The van der Waals surface area contributed by atoms with Crippen LogP contribution in [0.4, 0.5) is 0 Å². The SMILES string of the molecule is NCC1CCN(S(=O)(=O)C2CCS(=O)(=O)C2)CC1. The maximum atomic E-state index is 12.3. The molecular weight excluding hydrogens is 276 g/mol. The molecule has 2 aliphatic heterocycles. The third-order valence-corrected chi connectivity index (χ3v) is 8.19. The van der Waals surface area contributed by atoms with Crippen LogP contribution in [0.25, 0.3) is 0 Å². The first-order valence-corrected chi connectivity index (χ1v) is 9.57. The normalized spacial score (nSPS) is 30.6. The van der Waals surface area contributed by atoms with Crippen LogP contribution >= 0.6 is 0 Å². The van der Waals surface area contributed by atoms with Crippen molar-refractivity contribution < 1.29 is 16.8 Å². The summed E-state index contributed by atoms with van der Waals surface area (Å²) in [5, 5.41) is -0.739. The van der Waals surface area contributed by atoms with Crippen LogP contribution in [0, 0.1) is 5.92 Å². The van der Waals surface area contributed by atoms with Gasteiger partial charge >= 0.3 is 0 Å². The minimum absolute atomic E-state index is 0.00381. The smallest absolute Gasteiger partial charge is 0.218 e. The maximum absolute atomic E-state index is 12.3. The summed E-state index contributed by atoms with van der Waals surface area (Å²) in [7, 11) is -6.61. The molecule has 0 aromatic heterocycles. The fourth-order valence-corrected chi connectivity index (χ4v) is 7.17. The summed E-state index contributed by atoms with van der Waals surface area (Å²) in [5.41, 5.74) is 5.57. The minimum atomic E-state index is -3.45. The van der Waals surface area contributed by atoms with Crippen LogP contribution in [0.1, 0.15) is 19.3 Å². The molecule has 0 aliphatic carbocycles. The van der Waals surface area contributed by atoms with E-state index in [1.165, 1.54) is 4.31 Å². The number of nitrogens with two attached hydrogens (primary N) is 1. The molecule has 0 bridgehead atoms. The van der Waals surface area contributed by atoms with E-state index >= 15 is 0 Å². The molecule has 0 spiro atoms. The number of piperidine rings is 1. The van der Waals surface area contributed by atoms with E-state index in [1.807, 2.05) is 0 Å². The van der Waals surface area contributed by atoms with Crippen LogP contribution < -0.4 is 5.73 Å². The summed E-state index contributed by atoms with van der Waals surface area (Å²) in [4.78, 5) is 0. The molecular formula is C10H20N2O4S2. The summed E-state index contributed by atoms with van der Waals surface area (Å²) in [6, 6.07) is 0. The summed E-state index contributed by atoms with van der Waals surface area (Å²) >= 11 is 0. The molecule has 2 N–H and O–H groups in total.